The zero-order valence-corrected chi connectivity index (χ0v) is 10.0. The second-order valence-corrected chi connectivity index (χ2v) is 3.73. The largest absolute Gasteiger partial charge is 0.378 e. The van der Waals surface area contributed by atoms with Crippen LogP contribution < -0.4 is 15.5 Å². The summed E-state index contributed by atoms with van der Waals surface area (Å²) in [7, 11) is 3.91. The lowest BCUT2D eigenvalue weighted by molar-refractivity contribution is 0.252. The number of rotatable bonds is 4. The van der Waals surface area contributed by atoms with E-state index < -0.39 is 0 Å². The van der Waals surface area contributed by atoms with Gasteiger partial charge < -0.3 is 15.5 Å². The van der Waals surface area contributed by atoms with E-state index in [1.54, 1.807) is 0 Å². The van der Waals surface area contributed by atoms with Crippen LogP contribution in [0.4, 0.5) is 16.2 Å². The average molecular weight is 232 g/mol. The Morgan fingerprint density at radius 1 is 1.35 bits per heavy atom. The Morgan fingerprint density at radius 2 is 2.00 bits per heavy atom. The molecular weight excluding hydrogens is 216 g/mol. The number of hydrogen-bond donors (Lipinski definition) is 2. The van der Waals surface area contributed by atoms with Crippen molar-refractivity contribution in [1.82, 2.24) is 5.32 Å². The summed E-state index contributed by atoms with van der Waals surface area (Å²) in [5.74, 6) is 0. The number of amides is 2. The second-order valence-electron chi connectivity index (χ2n) is 3.73. The van der Waals surface area contributed by atoms with E-state index in [0.717, 1.165) is 11.4 Å². The molecule has 2 amide bonds. The van der Waals surface area contributed by atoms with Crippen molar-refractivity contribution in [1.29, 1.82) is 5.26 Å². The molecule has 0 saturated carbocycles. The van der Waals surface area contributed by atoms with E-state index in [-0.39, 0.29) is 6.03 Å². The van der Waals surface area contributed by atoms with E-state index in [4.69, 9.17) is 5.26 Å². The fourth-order valence-electron chi connectivity index (χ4n) is 1.25. The molecule has 0 saturated heterocycles. The van der Waals surface area contributed by atoms with Gasteiger partial charge in [-0.3, -0.25) is 0 Å². The molecule has 2 N–H and O–H groups in total. The molecule has 5 nitrogen and oxygen atoms in total. The molecule has 0 unspecified atom stereocenters. The molecule has 0 radical (unpaired) electrons. The summed E-state index contributed by atoms with van der Waals surface area (Å²) < 4.78 is 0. The maximum atomic E-state index is 11.4. The molecule has 1 aromatic rings. The van der Waals surface area contributed by atoms with E-state index >= 15 is 0 Å². The van der Waals surface area contributed by atoms with Gasteiger partial charge in [0.15, 0.2) is 0 Å². The lowest BCUT2D eigenvalue weighted by atomic mass is 10.2. The number of nitrogens with one attached hydrogen (secondary N) is 2. The average Bonchev–Trinajstić information content (AvgIpc) is 2.30. The summed E-state index contributed by atoms with van der Waals surface area (Å²) in [5.41, 5.74) is 1.80. The summed E-state index contributed by atoms with van der Waals surface area (Å²) in [4.78, 5) is 13.3. The second kappa shape index (κ2) is 6.38. The monoisotopic (exact) mass is 232 g/mol. The molecule has 0 bridgehead atoms. The quantitative estimate of drug-likeness (QED) is 0.778. The van der Waals surface area contributed by atoms with E-state index in [0.29, 0.717) is 13.0 Å². The molecule has 0 heterocycles. The minimum atomic E-state index is -0.294. The lowest BCUT2D eigenvalue weighted by Crippen LogP contribution is -2.29. The molecule has 0 aliphatic rings. The van der Waals surface area contributed by atoms with Crippen LogP contribution in [0, 0.1) is 11.3 Å². The van der Waals surface area contributed by atoms with Crippen LogP contribution >= 0.6 is 0 Å². The van der Waals surface area contributed by atoms with Gasteiger partial charge >= 0.3 is 6.03 Å². The zero-order chi connectivity index (χ0) is 12.7. The van der Waals surface area contributed by atoms with Crippen molar-refractivity contribution >= 4 is 17.4 Å². The lowest BCUT2D eigenvalue weighted by Gasteiger charge is -2.13. The third-order valence-electron chi connectivity index (χ3n) is 2.16. The van der Waals surface area contributed by atoms with Crippen molar-refractivity contribution < 1.29 is 4.79 Å². The number of anilines is 2. The Morgan fingerprint density at radius 3 is 2.53 bits per heavy atom. The van der Waals surface area contributed by atoms with Crippen molar-refractivity contribution in [3.8, 4) is 6.07 Å². The molecule has 5 heteroatoms. The summed E-state index contributed by atoms with van der Waals surface area (Å²) >= 11 is 0. The number of carbonyl (C=O) groups excluding carboxylic acids is 1. The van der Waals surface area contributed by atoms with Gasteiger partial charge in [-0.25, -0.2) is 4.79 Å². The van der Waals surface area contributed by atoms with Crippen LogP contribution in [0.5, 0.6) is 0 Å². The van der Waals surface area contributed by atoms with Crippen LogP contribution in [-0.4, -0.2) is 26.7 Å². The van der Waals surface area contributed by atoms with Gasteiger partial charge in [-0.15, -0.1) is 0 Å². The van der Waals surface area contributed by atoms with Gasteiger partial charge in [0.25, 0.3) is 0 Å². The van der Waals surface area contributed by atoms with E-state index in [1.165, 1.54) is 0 Å². The van der Waals surface area contributed by atoms with E-state index in [1.807, 2.05) is 49.3 Å². The molecule has 0 aliphatic carbocycles. The maximum absolute atomic E-state index is 11.4. The molecule has 0 aromatic heterocycles. The highest BCUT2D eigenvalue weighted by molar-refractivity contribution is 5.89. The molecule has 1 rings (SSSR count). The summed E-state index contributed by atoms with van der Waals surface area (Å²) in [5, 5.41) is 13.6. The Hall–Kier alpha value is -2.22. The smallest absolute Gasteiger partial charge is 0.319 e. The first kappa shape index (κ1) is 12.8. The van der Waals surface area contributed by atoms with Crippen LogP contribution in [0.25, 0.3) is 0 Å². The predicted molar refractivity (Wildman–Crippen MR) is 68.0 cm³/mol. The number of urea groups is 1. The van der Waals surface area contributed by atoms with Crippen molar-refractivity contribution in [3.63, 3.8) is 0 Å². The van der Waals surface area contributed by atoms with Gasteiger partial charge in [0, 0.05) is 32.0 Å². The van der Waals surface area contributed by atoms with Gasteiger partial charge in [-0.2, -0.15) is 5.26 Å². The number of benzene rings is 1. The summed E-state index contributed by atoms with van der Waals surface area (Å²) in [6.07, 6.45) is 0.312. The minimum absolute atomic E-state index is 0.294. The van der Waals surface area contributed by atoms with Crippen LogP contribution in [0.1, 0.15) is 6.42 Å². The Labute approximate surface area is 101 Å². The summed E-state index contributed by atoms with van der Waals surface area (Å²) in [6, 6.07) is 9.17. The Kier molecular flexibility index (Phi) is 4.82. The number of nitriles is 1. The van der Waals surface area contributed by atoms with Crippen molar-refractivity contribution in [2.24, 2.45) is 0 Å². The fourth-order valence-corrected chi connectivity index (χ4v) is 1.25. The van der Waals surface area contributed by atoms with E-state index in [2.05, 4.69) is 10.6 Å². The topological polar surface area (TPSA) is 68.2 Å². The van der Waals surface area contributed by atoms with E-state index in [9.17, 15) is 4.79 Å². The first-order valence-electron chi connectivity index (χ1n) is 5.32. The van der Waals surface area contributed by atoms with Gasteiger partial charge in [0.1, 0.15) is 0 Å². The van der Waals surface area contributed by atoms with Crippen molar-refractivity contribution in [3.05, 3.63) is 24.3 Å². The third-order valence-corrected chi connectivity index (χ3v) is 2.16. The van der Waals surface area contributed by atoms with Gasteiger partial charge in [0.2, 0.25) is 0 Å². The van der Waals surface area contributed by atoms with Gasteiger partial charge in [0.05, 0.1) is 12.5 Å². The molecule has 1 aromatic carbocycles. The number of carbonyl (C=O) groups is 1. The predicted octanol–water partition coefficient (Wildman–Crippen LogP) is 1.79. The molecule has 0 fully saturated rings. The fraction of sp³-hybridized carbons (Fsp3) is 0.333. The first-order valence-corrected chi connectivity index (χ1v) is 5.32. The standard InChI is InChI=1S/C12H16N4O/c1-16(2)11-6-4-10(5-7-11)15-12(17)14-9-3-8-13/h4-7H,3,9H2,1-2H3,(H2,14,15,17). The highest BCUT2D eigenvalue weighted by Gasteiger charge is 2.01. The molecule has 0 aliphatic heterocycles. The number of hydrogen-bond acceptors (Lipinski definition) is 3. The molecular formula is C12H16N4O. The van der Waals surface area contributed by atoms with Crippen LogP contribution in [0.15, 0.2) is 24.3 Å². The minimum Gasteiger partial charge on any atom is -0.378 e. The SMILES string of the molecule is CN(C)c1ccc(NC(=O)NCCC#N)cc1. The number of nitrogens with zero attached hydrogens (tertiary/aromatic N) is 2. The van der Waals surface area contributed by atoms with Crippen LogP contribution in [-0.2, 0) is 0 Å². The molecule has 90 valence electrons. The normalized spacial score (nSPS) is 9.24. The highest BCUT2D eigenvalue weighted by Crippen LogP contribution is 2.15. The van der Waals surface area contributed by atoms with Crippen LogP contribution in [0.3, 0.4) is 0 Å². The molecule has 0 atom stereocenters. The van der Waals surface area contributed by atoms with Crippen molar-refractivity contribution in [2.45, 2.75) is 6.42 Å². The van der Waals surface area contributed by atoms with Gasteiger partial charge in [-0.1, -0.05) is 0 Å². The maximum Gasteiger partial charge on any atom is 0.319 e. The van der Waals surface area contributed by atoms with Gasteiger partial charge in [-0.05, 0) is 24.3 Å². The highest BCUT2D eigenvalue weighted by atomic mass is 16.2. The summed E-state index contributed by atoms with van der Waals surface area (Å²) in [6.45, 7) is 0.359. The zero-order valence-electron chi connectivity index (χ0n) is 10.0. The first-order chi connectivity index (χ1) is 8.13. The molecule has 17 heavy (non-hydrogen) atoms. The molecule has 0 spiro atoms. The van der Waals surface area contributed by atoms with Crippen LogP contribution in [0.2, 0.25) is 0 Å². The third kappa shape index (κ3) is 4.43. The van der Waals surface area contributed by atoms with Crippen molar-refractivity contribution in [2.75, 3.05) is 30.9 Å². The Balaban J connectivity index is 2.46. The Bertz CT molecular complexity index is 406.